The van der Waals surface area contributed by atoms with E-state index in [0.717, 1.165) is 0 Å². The van der Waals surface area contributed by atoms with Crippen molar-refractivity contribution in [2.75, 3.05) is 11.0 Å². The molecule has 0 aromatic carbocycles. The van der Waals surface area contributed by atoms with Crippen LogP contribution in [0.15, 0.2) is 0 Å². The van der Waals surface area contributed by atoms with Crippen LogP contribution < -0.4 is 5.32 Å². The summed E-state index contributed by atoms with van der Waals surface area (Å²) in [7, 11) is 0. The predicted molar refractivity (Wildman–Crippen MR) is 107 cm³/mol. The van der Waals surface area contributed by atoms with Crippen LogP contribution in [0.1, 0.15) is 41.5 Å². The van der Waals surface area contributed by atoms with Crippen molar-refractivity contribution in [3.63, 3.8) is 0 Å². The Kier molecular flexibility index (Phi) is 8.96. The highest BCUT2D eigenvalue weighted by atomic mass is 127. The molecular weight excluding hydrogens is 485 g/mol. The van der Waals surface area contributed by atoms with E-state index in [2.05, 4.69) is 5.32 Å². The van der Waals surface area contributed by atoms with E-state index in [9.17, 15) is 19.2 Å². The number of alkyl halides is 1. The Bertz CT molecular complexity index is 601. The monoisotopic (exact) mass is 513 g/mol. The number of esters is 3. The fraction of sp³-hybridized carbons (Fsp3) is 0.778. The number of cyclic esters (lactones) is 2. The highest BCUT2D eigenvalue weighted by molar-refractivity contribution is 14.1. The van der Waals surface area contributed by atoms with Crippen molar-refractivity contribution < 1.29 is 38.1 Å². The van der Waals surface area contributed by atoms with Crippen LogP contribution in [-0.4, -0.2) is 58.9 Å². The van der Waals surface area contributed by atoms with Crippen LogP contribution in [0.3, 0.4) is 0 Å². The SMILES string of the molecule is CC(C)C(=O)O[C@H]1[C@H](C)OC(=O)[C@@H](NC(=O)OC(C)(C)C)COC(=O)[C@@H]1CI. The molecule has 1 fully saturated rings. The Morgan fingerprint density at radius 2 is 1.86 bits per heavy atom. The third kappa shape index (κ3) is 7.44. The lowest BCUT2D eigenvalue weighted by Gasteiger charge is -2.28. The minimum atomic E-state index is -1.24. The number of halogens is 1. The van der Waals surface area contributed by atoms with Crippen LogP contribution in [-0.2, 0) is 33.3 Å². The Balaban J connectivity index is 3.01. The van der Waals surface area contributed by atoms with Crippen LogP contribution in [0.25, 0.3) is 0 Å². The number of carbonyl (C=O) groups is 4. The zero-order valence-corrected chi connectivity index (χ0v) is 19.1. The minimum absolute atomic E-state index is 0.290. The number of amides is 1. The van der Waals surface area contributed by atoms with E-state index in [1.807, 2.05) is 22.6 Å². The first-order valence-electron chi connectivity index (χ1n) is 8.98. The lowest BCUT2D eigenvalue weighted by atomic mass is 10.00. The third-order valence-electron chi connectivity index (χ3n) is 3.72. The summed E-state index contributed by atoms with van der Waals surface area (Å²) in [5.74, 6) is -3.20. The van der Waals surface area contributed by atoms with Crippen LogP contribution in [0.2, 0.25) is 0 Å². The van der Waals surface area contributed by atoms with E-state index in [4.69, 9.17) is 18.9 Å². The lowest BCUT2D eigenvalue weighted by molar-refractivity contribution is -0.175. The standard InChI is InChI=1S/C18H28INO8/c1-9(2)14(21)27-13-10(3)26-16(23)12(8-25-15(22)11(13)7-19)20-17(24)28-18(4,5)6/h9-13H,7-8H2,1-6H3,(H,20,24)/t10-,11+,12-,13-/m0/s1. The first-order chi connectivity index (χ1) is 12.9. The van der Waals surface area contributed by atoms with E-state index in [1.165, 1.54) is 6.92 Å². The second-order valence-electron chi connectivity index (χ2n) is 7.79. The molecule has 0 saturated carbocycles. The van der Waals surface area contributed by atoms with Gasteiger partial charge in [0, 0.05) is 4.43 Å². The largest absolute Gasteiger partial charge is 0.463 e. The van der Waals surface area contributed by atoms with Crippen LogP contribution >= 0.6 is 22.6 Å². The summed E-state index contributed by atoms with van der Waals surface area (Å²) in [6.45, 7) is 9.46. The lowest BCUT2D eigenvalue weighted by Crippen LogP contribution is -2.48. The molecule has 0 aliphatic carbocycles. The third-order valence-corrected chi connectivity index (χ3v) is 4.67. The second kappa shape index (κ2) is 10.3. The van der Waals surface area contributed by atoms with Crippen LogP contribution in [0, 0.1) is 11.8 Å². The summed E-state index contributed by atoms with van der Waals surface area (Å²) < 4.78 is 21.4. The second-order valence-corrected chi connectivity index (χ2v) is 8.67. The first kappa shape index (κ1) is 24.4. The van der Waals surface area contributed by atoms with Crippen molar-refractivity contribution >= 4 is 46.6 Å². The molecule has 0 aromatic rings. The molecule has 1 amide bonds. The molecule has 0 radical (unpaired) electrons. The van der Waals surface area contributed by atoms with Gasteiger partial charge in [0.1, 0.15) is 24.2 Å². The topological polar surface area (TPSA) is 117 Å². The van der Waals surface area contributed by atoms with Crippen LogP contribution in [0.4, 0.5) is 4.79 Å². The van der Waals surface area contributed by atoms with E-state index in [1.54, 1.807) is 34.6 Å². The van der Waals surface area contributed by atoms with Gasteiger partial charge in [-0.05, 0) is 27.7 Å². The fourth-order valence-corrected chi connectivity index (χ4v) is 3.14. The zero-order valence-electron chi connectivity index (χ0n) is 16.9. The number of alkyl carbamates (subject to hydrolysis) is 1. The molecular formula is C18H28INO8. The Morgan fingerprint density at radius 1 is 1.25 bits per heavy atom. The van der Waals surface area contributed by atoms with Gasteiger partial charge in [0.05, 0.1) is 5.92 Å². The maximum atomic E-state index is 12.5. The number of carbonyl (C=O) groups excluding carboxylic acids is 4. The number of hydrogen-bond acceptors (Lipinski definition) is 8. The molecule has 160 valence electrons. The minimum Gasteiger partial charge on any atom is -0.463 e. The van der Waals surface area contributed by atoms with Gasteiger partial charge in [0.2, 0.25) is 0 Å². The molecule has 4 atom stereocenters. The molecule has 1 saturated heterocycles. The summed E-state index contributed by atoms with van der Waals surface area (Å²) in [5, 5.41) is 2.35. The maximum Gasteiger partial charge on any atom is 0.408 e. The van der Waals surface area contributed by atoms with Crippen molar-refractivity contribution in [1.82, 2.24) is 5.32 Å². The molecule has 0 unspecified atom stereocenters. The normalized spacial score (nSPS) is 26.3. The van der Waals surface area contributed by atoms with E-state index in [-0.39, 0.29) is 0 Å². The van der Waals surface area contributed by atoms with Crippen LogP contribution in [0.5, 0.6) is 0 Å². The zero-order chi connectivity index (χ0) is 21.6. The summed E-state index contributed by atoms with van der Waals surface area (Å²) in [6, 6.07) is -1.24. The molecule has 1 N–H and O–H groups in total. The molecule has 10 heteroatoms. The van der Waals surface area contributed by atoms with E-state index >= 15 is 0 Å². The van der Waals surface area contributed by atoms with E-state index in [0.29, 0.717) is 4.43 Å². The Labute approximate surface area is 178 Å². The van der Waals surface area contributed by atoms with Gasteiger partial charge in [-0.1, -0.05) is 36.4 Å². The van der Waals surface area contributed by atoms with Gasteiger partial charge < -0.3 is 24.3 Å². The molecule has 28 heavy (non-hydrogen) atoms. The molecule has 1 heterocycles. The number of ether oxygens (including phenoxy) is 4. The number of hydrogen-bond donors (Lipinski definition) is 1. The molecule has 1 rings (SSSR count). The van der Waals surface area contributed by atoms with Gasteiger partial charge >= 0.3 is 24.0 Å². The summed E-state index contributed by atoms with van der Waals surface area (Å²) >= 11 is 1.98. The molecule has 0 spiro atoms. The average molecular weight is 513 g/mol. The highest BCUT2D eigenvalue weighted by Gasteiger charge is 2.41. The van der Waals surface area contributed by atoms with Gasteiger partial charge in [-0.25, -0.2) is 9.59 Å². The van der Waals surface area contributed by atoms with Crippen molar-refractivity contribution in [2.24, 2.45) is 11.8 Å². The van der Waals surface area contributed by atoms with Crippen molar-refractivity contribution in [2.45, 2.75) is 65.4 Å². The quantitative estimate of drug-likeness (QED) is 0.263. The summed E-state index contributed by atoms with van der Waals surface area (Å²) in [4.78, 5) is 49.0. The van der Waals surface area contributed by atoms with E-state index < -0.39 is 66.3 Å². The predicted octanol–water partition coefficient (Wildman–Crippen LogP) is 1.99. The highest BCUT2D eigenvalue weighted by Crippen LogP contribution is 2.23. The summed E-state index contributed by atoms with van der Waals surface area (Å²) in [6.07, 6.45) is -2.75. The Hall–Kier alpha value is -1.59. The molecule has 0 aromatic heterocycles. The molecule has 0 bridgehead atoms. The van der Waals surface area contributed by atoms with Crippen molar-refractivity contribution in [3.05, 3.63) is 0 Å². The smallest absolute Gasteiger partial charge is 0.408 e. The average Bonchev–Trinajstić information content (AvgIpc) is 2.58. The molecule has 1 aliphatic rings. The molecule has 9 nitrogen and oxygen atoms in total. The van der Waals surface area contributed by atoms with Gasteiger partial charge in [0.15, 0.2) is 12.1 Å². The van der Waals surface area contributed by atoms with Gasteiger partial charge in [-0.15, -0.1) is 0 Å². The van der Waals surface area contributed by atoms with Gasteiger partial charge in [-0.2, -0.15) is 0 Å². The molecule has 1 aliphatic heterocycles. The first-order valence-corrected chi connectivity index (χ1v) is 10.5. The van der Waals surface area contributed by atoms with Crippen molar-refractivity contribution in [1.29, 1.82) is 0 Å². The maximum absolute atomic E-state index is 12.5. The van der Waals surface area contributed by atoms with Gasteiger partial charge in [0.25, 0.3) is 0 Å². The fourth-order valence-electron chi connectivity index (χ4n) is 2.28. The number of rotatable bonds is 4. The Morgan fingerprint density at radius 3 is 2.36 bits per heavy atom. The number of nitrogens with one attached hydrogen (secondary N) is 1. The summed E-state index contributed by atoms with van der Waals surface area (Å²) in [5.41, 5.74) is -0.765. The van der Waals surface area contributed by atoms with Gasteiger partial charge in [-0.3, -0.25) is 9.59 Å². The van der Waals surface area contributed by atoms with Crippen molar-refractivity contribution in [3.8, 4) is 0 Å².